The largest absolute Gasteiger partial charge is 0.534 e. The van der Waals surface area contributed by atoms with Crippen LogP contribution in [0.1, 0.15) is 54.8 Å². The number of carbonyl (C=O) groups excluding carboxylic acids is 2. The Balaban J connectivity index is 0.000000212. The third kappa shape index (κ3) is 6.09. The van der Waals surface area contributed by atoms with Crippen molar-refractivity contribution in [2.45, 2.75) is 65.0 Å². The lowest BCUT2D eigenvalue weighted by molar-refractivity contribution is -0.0500. The molecule has 0 fully saturated rings. The van der Waals surface area contributed by atoms with Crippen molar-refractivity contribution in [3.63, 3.8) is 0 Å². The molecule has 2 aromatic rings. The van der Waals surface area contributed by atoms with Crippen LogP contribution in [0, 0.1) is 0 Å². The zero-order valence-corrected chi connectivity index (χ0v) is 22.6. The number of thioether (sulfide) groups is 2. The Hall–Kier alpha value is -2.02. The average Bonchev–Trinajstić information content (AvgIpc) is 2.73. The van der Waals surface area contributed by atoms with Gasteiger partial charge in [0.2, 0.25) is 0 Å². The van der Waals surface area contributed by atoms with Gasteiger partial charge in [0, 0.05) is 43.9 Å². The second-order valence-corrected chi connectivity index (χ2v) is 14.3. The highest BCUT2D eigenvalue weighted by Crippen LogP contribution is 2.45. The summed E-state index contributed by atoms with van der Waals surface area (Å²) in [6, 6.07) is 11.2. The molecule has 2 heterocycles. The Kier molecular flexibility index (Phi) is 7.96. The molecule has 0 spiro atoms. The Morgan fingerprint density at radius 3 is 2.17 bits per heavy atom. The van der Waals surface area contributed by atoms with Crippen molar-refractivity contribution in [1.29, 1.82) is 0 Å². The van der Waals surface area contributed by atoms with Crippen molar-refractivity contribution in [3.05, 3.63) is 53.6 Å². The van der Waals surface area contributed by atoms with Crippen molar-refractivity contribution >= 4 is 45.2 Å². The first-order valence-electron chi connectivity index (χ1n) is 10.7. The second-order valence-electron chi connectivity index (χ2n) is 9.28. The molecule has 36 heavy (non-hydrogen) atoms. The maximum atomic E-state index is 12.3. The number of benzene rings is 2. The zero-order valence-electron chi connectivity index (χ0n) is 20.1. The lowest BCUT2D eigenvalue weighted by atomic mass is 9.96. The Bertz CT molecular complexity index is 1290. The van der Waals surface area contributed by atoms with Gasteiger partial charge < -0.3 is 8.92 Å². The van der Waals surface area contributed by atoms with Gasteiger partial charge in [-0.1, -0.05) is 18.2 Å². The minimum atomic E-state index is -5.74. The molecule has 0 aromatic heterocycles. The molecular formula is C24H25F3O6S3. The molecule has 1 unspecified atom stereocenters. The predicted octanol–water partition coefficient (Wildman–Crippen LogP) is 6.14. The van der Waals surface area contributed by atoms with E-state index in [1.807, 2.05) is 52.0 Å². The first-order chi connectivity index (χ1) is 16.5. The summed E-state index contributed by atoms with van der Waals surface area (Å²) >= 11 is 3.11. The van der Waals surface area contributed by atoms with E-state index in [0.717, 1.165) is 22.6 Å². The van der Waals surface area contributed by atoms with Crippen LogP contribution in [0.2, 0.25) is 0 Å². The third-order valence-electron chi connectivity index (χ3n) is 5.34. The summed E-state index contributed by atoms with van der Waals surface area (Å²) in [5.74, 6) is -0.694. The van der Waals surface area contributed by atoms with E-state index in [1.165, 1.54) is 17.8 Å². The van der Waals surface area contributed by atoms with Gasteiger partial charge in [0.25, 0.3) is 0 Å². The van der Waals surface area contributed by atoms with Gasteiger partial charge in [-0.15, -0.1) is 23.5 Å². The van der Waals surface area contributed by atoms with Crippen LogP contribution in [-0.2, 0) is 14.9 Å². The molecule has 2 aliphatic heterocycles. The van der Waals surface area contributed by atoms with Gasteiger partial charge in [0.15, 0.2) is 11.6 Å². The van der Waals surface area contributed by atoms with Crippen LogP contribution in [0.15, 0.2) is 52.3 Å². The van der Waals surface area contributed by atoms with Gasteiger partial charge in [-0.25, -0.2) is 0 Å². The van der Waals surface area contributed by atoms with E-state index in [1.54, 1.807) is 18.9 Å². The first kappa shape index (κ1) is 28.5. The van der Waals surface area contributed by atoms with Crippen LogP contribution in [0.5, 0.6) is 5.75 Å². The van der Waals surface area contributed by atoms with E-state index in [2.05, 4.69) is 4.18 Å². The highest BCUT2D eigenvalue weighted by atomic mass is 32.2. The number of methoxy groups -OCH3 is 1. The number of hydrogen-bond donors (Lipinski definition) is 0. The van der Waals surface area contributed by atoms with Crippen LogP contribution in [-0.4, -0.2) is 48.2 Å². The van der Waals surface area contributed by atoms with Crippen molar-refractivity contribution in [2.24, 2.45) is 0 Å². The third-order valence-corrected chi connectivity index (χ3v) is 8.91. The number of hydrogen-bond acceptors (Lipinski definition) is 8. The van der Waals surface area contributed by atoms with E-state index in [0.29, 0.717) is 4.90 Å². The molecule has 12 heteroatoms. The number of halogens is 3. The fourth-order valence-corrected chi connectivity index (χ4v) is 6.77. The molecule has 2 aromatic carbocycles. The number of rotatable bonds is 3. The van der Waals surface area contributed by atoms with E-state index in [-0.39, 0.29) is 39.1 Å². The smallest absolute Gasteiger partial charge is 0.376 e. The number of ether oxygens (including phenoxy) is 1. The molecule has 0 saturated carbocycles. The Morgan fingerprint density at radius 2 is 1.56 bits per heavy atom. The van der Waals surface area contributed by atoms with Gasteiger partial charge in [0.1, 0.15) is 11.9 Å². The van der Waals surface area contributed by atoms with Gasteiger partial charge in [-0.3, -0.25) is 9.59 Å². The van der Waals surface area contributed by atoms with Gasteiger partial charge >= 0.3 is 15.6 Å². The molecule has 0 N–H and O–H groups in total. The summed E-state index contributed by atoms with van der Waals surface area (Å²) in [5, 5.41) is 0. The minimum Gasteiger partial charge on any atom is -0.376 e. The molecule has 0 amide bonds. The predicted molar refractivity (Wildman–Crippen MR) is 132 cm³/mol. The standard InChI is InChI=1S/C12H11F3O4S2.C12H14O2S/c1-11(2)6-9(16)8-5-7(3-4-10(8)20-11)19-21(17,18)12(13,14)15;1-12(2)11(14-3)10(13)8-6-4-5-7-9(8)15-12/h3-5H,6H2,1-2H3;4-7,11H,1-3H3. The fourth-order valence-electron chi connectivity index (χ4n) is 3.80. The molecular weight excluding hydrogens is 537 g/mol. The number of alkyl halides is 3. The average molecular weight is 563 g/mol. The van der Waals surface area contributed by atoms with Gasteiger partial charge in [0.05, 0.1) is 0 Å². The van der Waals surface area contributed by atoms with Gasteiger partial charge in [-0.2, -0.15) is 21.6 Å². The summed E-state index contributed by atoms with van der Waals surface area (Å²) in [6.45, 7) is 7.83. The number of Topliss-reactive ketones (excluding diaryl/α,β-unsaturated/α-hetero) is 2. The SMILES string of the molecule is CC1(C)CC(=O)c2cc(OS(=O)(=O)C(F)(F)F)ccc2S1.COC1C(=O)c2ccccc2SC1(C)C. The summed E-state index contributed by atoms with van der Waals surface area (Å²) in [7, 11) is -4.14. The highest BCUT2D eigenvalue weighted by Gasteiger charge is 2.48. The van der Waals surface area contributed by atoms with E-state index in [4.69, 9.17) is 4.74 Å². The fraction of sp³-hybridized carbons (Fsp3) is 0.417. The van der Waals surface area contributed by atoms with E-state index < -0.39 is 21.4 Å². The zero-order chi connectivity index (χ0) is 27.1. The number of fused-ring (bicyclic) bond motifs is 2. The normalized spacial score (nSPS) is 20.5. The van der Waals surface area contributed by atoms with Crippen LogP contribution in [0.25, 0.3) is 0 Å². The number of ketones is 2. The molecule has 0 saturated heterocycles. The highest BCUT2D eigenvalue weighted by molar-refractivity contribution is 8.01. The van der Waals surface area contributed by atoms with Crippen LogP contribution < -0.4 is 4.18 Å². The molecule has 0 bridgehead atoms. The Morgan fingerprint density at radius 1 is 0.944 bits per heavy atom. The molecule has 6 nitrogen and oxygen atoms in total. The molecule has 0 radical (unpaired) electrons. The van der Waals surface area contributed by atoms with Gasteiger partial charge in [-0.05, 0) is 52.0 Å². The maximum absolute atomic E-state index is 12.3. The lowest BCUT2D eigenvalue weighted by Crippen LogP contribution is -2.44. The van der Waals surface area contributed by atoms with Crippen molar-refractivity contribution in [3.8, 4) is 5.75 Å². The summed E-state index contributed by atoms with van der Waals surface area (Å²) in [4.78, 5) is 25.7. The van der Waals surface area contributed by atoms with Crippen LogP contribution in [0.4, 0.5) is 13.2 Å². The summed E-state index contributed by atoms with van der Waals surface area (Å²) in [6.07, 6.45) is -0.141. The van der Waals surface area contributed by atoms with Crippen LogP contribution in [0.3, 0.4) is 0 Å². The minimum absolute atomic E-state index is 0.0943. The van der Waals surface area contributed by atoms with Crippen molar-refractivity contribution in [1.82, 2.24) is 0 Å². The second kappa shape index (κ2) is 10.0. The summed E-state index contributed by atoms with van der Waals surface area (Å²) < 4.78 is 67.4. The summed E-state index contributed by atoms with van der Waals surface area (Å²) in [5.41, 5.74) is -4.55. The molecule has 0 aliphatic carbocycles. The number of carbonyl (C=O) groups is 2. The first-order valence-corrected chi connectivity index (χ1v) is 13.7. The topological polar surface area (TPSA) is 86.7 Å². The molecule has 1 atom stereocenters. The van der Waals surface area contributed by atoms with E-state index >= 15 is 0 Å². The van der Waals surface area contributed by atoms with Crippen molar-refractivity contribution in [2.75, 3.05) is 7.11 Å². The lowest BCUT2D eigenvalue weighted by Gasteiger charge is -2.36. The Labute approximate surface area is 216 Å². The van der Waals surface area contributed by atoms with Crippen LogP contribution >= 0.6 is 23.5 Å². The molecule has 196 valence electrons. The van der Waals surface area contributed by atoms with E-state index in [9.17, 15) is 31.2 Å². The van der Waals surface area contributed by atoms with Crippen molar-refractivity contribution < 1.29 is 40.1 Å². The monoisotopic (exact) mass is 562 g/mol. The molecule has 2 aliphatic rings. The maximum Gasteiger partial charge on any atom is 0.534 e. The quantitative estimate of drug-likeness (QED) is 0.326. The molecule has 4 rings (SSSR count).